The minimum absolute atomic E-state index is 0.260. The van der Waals surface area contributed by atoms with Crippen LogP contribution in [0.4, 0.5) is 4.39 Å². The molecule has 84 valence electrons. The number of rotatable bonds is 3. The molecule has 2 rings (SSSR count). The van der Waals surface area contributed by atoms with Crippen LogP contribution in [0.15, 0.2) is 30.6 Å². The number of halogens is 2. The van der Waals surface area contributed by atoms with Crippen molar-refractivity contribution >= 4 is 11.6 Å². The van der Waals surface area contributed by atoms with Crippen LogP contribution >= 0.6 is 11.6 Å². The van der Waals surface area contributed by atoms with Crippen molar-refractivity contribution in [2.24, 2.45) is 5.73 Å². The van der Waals surface area contributed by atoms with Gasteiger partial charge in [0.1, 0.15) is 5.82 Å². The highest BCUT2D eigenvalue weighted by molar-refractivity contribution is 6.30. The lowest BCUT2D eigenvalue weighted by Gasteiger charge is -2.05. The van der Waals surface area contributed by atoms with Crippen LogP contribution < -0.4 is 5.73 Å². The van der Waals surface area contributed by atoms with Crippen molar-refractivity contribution in [3.05, 3.63) is 52.6 Å². The van der Waals surface area contributed by atoms with Gasteiger partial charge in [-0.25, -0.2) is 4.39 Å². The van der Waals surface area contributed by atoms with Gasteiger partial charge in [0, 0.05) is 18.3 Å². The Morgan fingerprint density at radius 3 is 2.88 bits per heavy atom. The monoisotopic (exact) mass is 239 g/mol. The van der Waals surface area contributed by atoms with E-state index in [1.807, 2.05) is 0 Å². The van der Waals surface area contributed by atoms with E-state index in [4.69, 9.17) is 17.3 Å². The first-order chi connectivity index (χ1) is 7.69. The Balaban J connectivity index is 2.26. The third-order valence-corrected chi connectivity index (χ3v) is 2.48. The molecule has 0 fully saturated rings. The molecule has 5 heteroatoms. The molecule has 0 saturated carbocycles. The second-order valence-electron chi connectivity index (χ2n) is 3.49. The molecule has 0 aliphatic heterocycles. The lowest BCUT2D eigenvalue weighted by atomic mass is 10.1. The summed E-state index contributed by atoms with van der Waals surface area (Å²) in [5.74, 6) is -0.260. The van der Waals surface area contributed by atoms with E-state index in [0.29, 0.717) is 23.7 Å². The summed E-state index contributed by atoms with van der Waals surface area (Å²) in [6.07, 6.45) is 3.17. The van der Waals surface area contributed by atoms with E-state index in [0.717, 1.165) is 5.56 Å². The number of nitrogens with two attached hydrogens (primary N) is 1. The number of nitrogens with zero attached hydrogens (tertiary/aromatic N) is 2. The maximum atomic E-state index is 13.5. The number of benzene rings is 1. The van der Waals surface area contributed by atoms with E-state index in [9.17, 15) is 4.39 Å². The summed E-state index contributed by atoms with van der Waals surface area (Å²) in [5.41, 5.74) is 6.96. The lowest BCUT2D eigenvalue weighted by molar-refractivity contribution is 0.584. The Bertz CT molecular complexity index is 496. The molecule has 0 bridgehead atoms. The van der Waals surface area contributed by atoms with Crippen molar-refractivity contribution in [2.45, 2.75) is 13.1 Å². The maximum Gasteiger partial charge on any atom is 0.128 e. The number of hydrogen-bond acceptors (Lipinski definition) is 2. The summed E-state index contributed by atoms with van der Waals surface area (Å²) in [5, 5.41) is 4.53. The molecule has 0 saturated heterocycles. The van der Waals surface area contributed by atoms with E-state index < -0.39 is 0 Å². The molecule has 0 unspecified atom stereocenters. The molecule has 0 aliphatic carbocycles. The molecular formula is C11H11ClFN3. The number of hydrogen-bond donors (Lipinski definition) is 1. The summed E-state index contributed by atoms with van der Waals surface area (Å²) >= 11 is 5.73. The Morgan fingerprint density at radius 2 is 2.25 bits per heavy atom. The normalized spacial score (nSPS) is 10.7. The van der Waals surface area contributed by atoms with Gasteiger partial charge < -0.3 is 5.73 Å². The quantitative estimate of drug-likeness (QED) is 0.892. The molecule has 0 atom stereocenters. The topological polar surface area (TPSA) is 43.8 Å². The van der Waals surface area contributed by atoms with Gasteiger partial charge in [0.15, 0.2) is 0 Å². The minimum Gasteiger partial charge on any atom is -0.326 e. The van der Waals surface area contributed by atoms with E-state index in [-0.39, 0.29) is 5.82 Å². The van der Waals surface area contributed by atoms with Gasteiger partial charge in [-0.2, -0.15) is 5.10 Å². The lowest BCUT2D eigenvalue weighted by Crippen LogP contribution is -2.04. The summed E-state index contributed by atoms with van der Waals surface area (Å²) in [6, 6.07) is 4.84. The molecule has 1 heterocycles. The molecule has 0 radical (unpaired) electrons. The third kappa shape index (κ3) is 2.40. The Morgan fingerprint density at radius 1 is 1.44 bits per heavy atom. The second-order valence-corrected chi connectivity index (χ2v) is 3.92. The van der Waals surface area contributed by atoms with Crippen LogP contribution in [0.1, 0.15) is 11.1 Å². The predicted octanol–water partition coefficient (Wildman–Crippen LogP) is 2.18. The zero-order valence-electron chi connectivity index (χ0n) is 8.53. The highest BCUT2D eigenvalue weighted by Gasteiger charge is 2.05. The second kappa shape index (κ2) is 4.63. The largest absolute Gasteiger partial charge is 0.326 e. The maximum absolute atomic E-state index is 13.5. The summed E-state index contributed by atoms with van der Waals surface area (Å²) < 4.78 is 15.1. The summed E-state index contributed by atoms with van der Waals surface area (Å²) in [6.45, 7) is 0.750. The zero-order chi connectivity index (χ0) is 11.5. The SMILES string of the molecule is NCc1ccc(F)c(Cn2cc(Cl)cn2)c1. The first-order valence-electron chi connectivity index (χ1n) is 4.84. The number of aromatic nitrogens is 2. The van der Waals surface area contributed by atoms with E-state index >= 15 is 0 Å². The molecule has 0 amide bonds. The molecule has 1 aromatic heterocycles. The van der Waals surface area contributed by atoms with E-state index in [2.05, 4.69) is 5.10 Å². The van der Waals surface area contributed by atoms with Crippen LogP contribution in [0.25, 0.3) is 0 Å². The highest BCUT2D eigenvalue weighted by atomic mass is 35.5. The first kappa shape index (κ1) is 11.1. The minimum atomic E-state index is -0.260. The standard InChI is InChI=1S/C11H11ClFN3/c12-10-5-15-16(7-10)6-9-3-8(4-14)1-2-11(9)13/h1-3,5,7H,4,6,14H2. The Labute approximate surface area is 97.6 Å². The molecule has 2 aromatic rings. The van der Waals surface area contributed by atoms with Crippen LogP contribution in [0.5, 0.6) is 0 Å². The summed E-state index contributed by atoms with van der Waals surface area (Å²) in [7, 11) is 0. The first-order valence-corrected chi connectivity index (χ1v) is 5.22. The van der Waals surface area contributed by atoms with Crippen LogP contribution in [0.2, 0.25) is 5.02 Å². The van der Waals surface area contributed by atoms with Gasteiger partial charge in [-0.15, -0.1) is 0 Å². The molecule has 0 spiro atoms. The molecule has 3 nitrogen and oxygen atoms in total. The van der Waals surface area contributed by atoms with E-state index in [1.165, 1.54) is 12.3 Å². The average Bonchev–Trinajstić information content (AvgIpc) is 2.67. The van der Waals surface area contributed by atoms with Crippen molar-refractivity contribution in [3.63, 3.8) is 0 Å². The molecule has 2 N–H and O–H groups in total. The van der Waals surface area contributed by atoms with E-state index in [1.54, 1.807) is 23.0 Å². The van der Waals surface area contributed by atoms with Crippen molar-refractivity contribution < 1.29 is 4.39 Å². The smallest absolute Gasteiger partial charge is 0.128 e. The molecule has 0 aliphatic rings. The average molecular weight is 240 g/mol. The van der Waals surface area contributed by atoms with Crippen LogP contribution in [-0.2, 0) is 13.1 Å². The van der Waals surface area contributed by atoms with Gasteiger partial charge in [0.2, 0.25) is 0 Å². The zero-order valence-corrected chi connectivity index (χ0v) is 9.28. The fraction of sp³-hybridized carbons (Fsp3) is 0.182. The van der Waals surface area contributed by atoms with Gasteiger partial charge in [0.25, 0.3) is 0 Å². The molecule has 1 aromatic carbocycles. The van der Waals surface area contributed by atoms with Crippen molar-refractivity contribution in [1.82, 2.24) is 9.78 Å². The van der Waals surface area contributed by atoms with Gasteiger partial charge in [-0.05, 0) is 17.7 Å². The van der Waals surface area contributed by atoms with Crippen molar-refractivity contribution in [2.75, 3.05) is 0 Å². The predicted molar refractivity (Wildman–Crippen MR) is 60.6 cm³/mol. The van der Waals surface area contributed by atoms with Crippen molar-refractivity contribution in [1.29, 1.82) is 0 Å². The van der Waals surface area contributed by atoms with Gasteiger partial charge in [-0.3, -0.25) is 4.68 Å². The van der Waals surface area contributed by atoms with Gasteiger partial charge >= 0.3 is 0 Å². The Kier molecular flexibility index (Phi) is 3.22. The fourth-order valence-electron chi connectivity index (χ4n) is 1.48. The van der Waals surface area contributed by atoms with Gasteiger partial charge in [-0.1, -0.05) is 17.7 Å². The molecular weight excluding hydrogens is 229 g/mol. The van der Waals surface area contributed by atoms with Crippen LogP contribution in [0.3, 0.4) is 0 Å². The third-order valence-electron chi connectivity index (χ3n) is 2.28. The highest BCUT2D eigenvalue weighted by Crippen LogP contribution is 2.13. The van der Waals surface area contributed by atoms with Crippen LogP contribution in [-0.4, -0.2) is 9.78 Å². The fourth-order valence-corrected chi connectivity index (χ4v) is 1.63. The van der Waals surface area contributed by atoms with Crippen LogP contribution in [0, 0.1) is 5.82 Å². The van der Waals surface area contributed by atoms with Gasteiger partial charge in [0.05, 0.1) is 17.8 Å². The summed E-state index contributed by atoms with van der Waals surface area (Å²) in [4.78, 5) is 0. The molecule has 16 heavy (non-hydrogen) atoms. The Hall–Kier alpha value is -1.39. The van der Waals surface area contributed by atoms with Crippen molar-refractivity contribution in [3.8, 4) is 0 Å².